The number of benzene rings is 2. The topological polar surface area (TPSA) is 35.2 Å². The first-order chi connectivity index (χ1) is 9.47. The SMILES string of the molecule is Cc1ccc(C(Oc2cc(F)ccc2C)C(C)N)cc1. The van der Waals surface area contributed by atoms with E-state index in [1.165, 1.54) is 17.7 Å². The molecule has 0 aliphatic rings. The van der Waals surface area contributed by atoms with Crippen LogP contribution in [-0.2, 0) is 0 Å². The third kappa shape index (κ3) is 3.36. The molecule has 2 unspecified atom stereocenters. The van der Waals surface area contributed by atoms with Gasteiger partial charge in [0.05, 0.1) is 0 Å². The number of nitrogens with two attached hydrogens (primary N) is 1. The molecule has 0 aliphatic carbocycles. The highest BCUT2D eigenvalue weighted by molar-refractivity contribution is 5.34. The number of rotatable bonds is 4. The number of halogens is 1. The molecule has 3 heteroatoms. The molecule has 106 valence electrons. The monoisotopic (exact) mass is 273 g/mol. The lowest BCUT2D eigenvalue weighted by atomic mass is 10.0. The van der Waals surface area contributed by atoms with Gasteiger partial charge in [0, 0.05) is 12.1 Å². The Morgan fingerprint density at radius 1 is 1.05 bits per heavy atom. The maximum Gasteiger partial charge on any atom is 0.138 e. The van der Waals surface area contributed by atoms with E-state index in [-0.39, 0.29) is 18.0 Å². The largest absolute Gasteiger partial charge is 0.484 e. The van der Waals surface area contributed by atoms with Crippen LogP contribution in [0.1, 0.15) is 29.7 Å². The maximum atomic E-state index is 13.3. The summed E-state index contributed by atoms with van der Waals surface area (Å²) in [5, 5.41) is 0. The Balaban J connectivity index is 2.30. The van der Waals surface area contributed by atoms with E-state index in [0.29, 0.717) is 5.75 Å². The van der Waals surface area contributed by atoms with E-state index in [1.807, 2.05) is 45.0 Å². The lowest BCUT2D eigenvalue weighted by Gasteiger charge is -2.24. The van der Waals surface area contributed by atoms with Crippen LogP contribution < -0.4 is 10.5 Å². The molecule has 2 atom stereocenters. The first kappa shape index (κ1) is 14.5. The number of ether oxygens (including phenoxy) is 1. The Morgan fingerprint density at radius 2 is 1.70 bits per heavy atom. The predicted molar refractivity (Wildman–Crippen MR) is 79.3 cm³/mol. The molecule has 0 saturated carbocycles. The van der Waals surface area contributed by atoms with Gasteiger partial charge in [0.15, 0.2) is 0 Å². The van der Waals surface area contributed by atoms with E-state index < -0.39 is 0 Å². The molecule has 2 aromatic rings. The van der Waals surface area contributed by atoms with Crippen molar-refractivity contribution in [2.24, 2.45) is 5.73 Å². The summed E-state index contributed by atoms with van der Waals surface area (Å²) >= 11 is 0. The van der Waals surface area contributed by atoms with E-state index in [2.05, 4.69) is 0 Å². The van der Waals surface area contributed by atoms with Gasteiger partial charge in [0.1, 0.15) is 17.7 Å². The maximum absolute atomic E-state index is 13.3. The highest BCUT2D eigenvalue weighted by Gasteiger charge is 2.19. The Labute approximate surface area is 119 Å². The summed E-state index contributed by atoms with van der Waals surface area (Å²) in [6.45, 7) is 5.81. The van der Waals surface area contributed by atoms with Gasteiger partial charge in [0.25, 0.3) is 0 Å². The smallest absolute Gasteiger partial charge is 0.138 e. The van der Waals surface area contributed by atoms with Crippen LogP contribution in [0.5, 0.6) is 5.75 Å². The van der Waals surface area contributed by atoms with Crippen molar-refractivity contribution in [1.29, 1.82) is 0 Å². The second kappa shape index (κ2) is 6.06. The molecule has 2 N–H and O–H groups in total. The normalized spacial score (nSPS) is 13.8. The van der Waals surface area contributed by atoms with Gasteiger partial charge in [-0.25, -0.2) is 4.39 Å². The molecule has 0 fully saturated rings. The van der Waals surface area contributed by atoms with Gasteiger partial charge in [-0.2, -0.15) is 0 Å². The fourth-order valence-electron chi connectivity index (χ4n) is 2.07. The quantitative estimate of drug-likeness (QED) is 0.916. The molecule has 0 saturated heterocycles. The van der Waals surface area contributed by atoms with Crippen LogP contribution in [0.3, 0.4) is 0 Å². The average molecular weight is 273 g/mol. The van der Waals surface area contributed by atoms with Crippen LogP contribution in [0.2, 0.25) is 0 Å². The van der Waals surface area contributed by atoms with E-state index in [9.17, 15) is 4.39 Å². The van der Waals surface area contributed by atoms with Gasteiger partial charge >= 0.3 is 0 Å². The van der Waals surface area contributed by atoms with E-state index in [4.69, 9.17) is 10.5 Å². The average Bonchev–Trinajstić information content (AvgIpc) is 2.40. The highest BCUT2D eigenvalue weighted by Crippen LogP contribution is 2.27. The van der Waals surface area contributed by atoms with Gasteiger partial charge in [-0.3, -0.25) is 0 Å². The van der Waals surface area contributed by atoms with Gasteiger partial charge in [-0.15, -0.1) is 0 Å². The predicted octanol–water partition coefficient (Wildman–Crippen LogP) is 3.91. The number of hydrogen-bond donors (Lipinski definition) is 1. The van der Waals surface area contributed by atoms with Crippen molar-refractivity contribution >= 4 is 0 Å². The van der Waals surface area contributed by atoms with Crippen LogP contribution in [0.25, 0.3) is 0 Å². The molecule has 0 amide bonds. The minimum atomic E-state index is -0.307. The summed E-state index contributed by atoms with van der Waals surface area (Å²) < 4.78 is 19.3. The molecule has 0 radical (unpaired) electrons. The third-order valence-corrected chi connectivity index (χ3v) is 3.29. The lowest BCUT2D eigenvalue weighted by Crippen LogP contribution is -2.29. The molecule has 0 bridgehead atoms. The zero-order chi connectivity index (χ0) is 14.7. The molecule has 0 aromatic heterocycles. The van der Waals surface area contributed by atoms with Gasteiger partial charge < -0.3 is 10.5 Å². The Bertz CT molecular complexity index is 578. The van der Waals surface area contributed by atoms with Crippen molar-refractivity contribution in [3.8, 4) is 5.75 Å². The zero-order valence-corrected chi connectivity index (χ0v) is 12.1. The van der Waals surface area contributed by atoms with Gasteiger partial charge in [0.2, 0.25) is 0 Å². The van der Waals surface area contributed by atoms with Gasteiger partial charge in [-0.1, -0.05) is 35.9 Å². The van der Waals surface area contributed by atoms with Crippen LogP contribution in [0.15, 0.2) is 42.5 Å². The molecule has 2 nitrogen and oxygen atoms in total. The molecular formula is C17H20FNO. The van der Waals surface area contributed by atoms with Gasteiger partial charge in [-0.05, 0) is 38.0 Å². The first-order valence-corrected chi connectivity index (χ1v) is 6.72. The summed E-state index contributed by atoms with van der Waals surface area (Å²) in [4.78, 5) is 0. The fourth-order valence-corrected chi connectivity index (χ4v) is 2.07. The highest BCUT2D eigenvalue weighted by atomic mass is 19.1. The van der Waals surface area contributed by atoms with Crippen molar-refractivity contribution < 1.29 is 9.13 Å². The third-order valence-electron chi connectivity index (χ3n) is 3.29. The summed E-state index contributed by atoms with van der Waals surface area (Å²) in [6.07, 6.45) is -0.295. The zero-order valence-electron chi connectivity index (χ0n) is 12.1. The number of aryl methyl sites for hydroxylation is 2. The molecule has 0 aliphatic heterocycles. The van der Waals surface area contributed by atoms with Crippen LogP contribution in [0, 0.1) is 19.7 Å². The second-order valence-electron chi connectivity index (χ2n) is 5.22. The standard InChI is InChI=1S/C17H20FNO/c1-11-4-7-14(8-5-11)17(13(3)19)20-16-10-15(18)9-6-12(16)2/h4-10,13,17H,19H2,1-3H3. The minimum Gasteiger partial charge on any atom is -0.484 e. The van der Waals surface area contributed by atoms with Crippen LogP contribution in [-0.4, -0.2) is 6.04 Å². The Morgan fingerprint density at radius 3 is 2.30 bits per heavy atom. The first-order valence-electron chi connectivity index (χ1n) is 6.72. The van der Waals surface area contributed by atoms with E-state index in [1.54, 1.807) is 6.07 Å². The number of hydrogen-bond acceptors (Lipinski definition) is 2. The van der Waals surface area contributed by atoms with Crippen LogP contribution >= 0.6 is 0 Å². The summed E-state index contributed by atoms with van der Waals surface area (Å²) in [5.41, 5.74) is 9.09. The van der Waals surface area contributed by atoms with Crippen molar-refractivity contribution in [3.63, 3.8) is 0 Å². The molecule has 20 heavy (non-hydrogen) atoms. The molecule has 2 rings (SSSR count). The second-order valence-corrected chi connectivity index (χ2v) is 5.22. The summed E-state index contributed by atoms with van der Waals surface area (Å²) in [7, 11) is 0. The van der Waals surface area contributed by atoms with Crippen molar-refractivity contribution in [2.75, 3.05) is 0 Å². The Hall–Kier alpha value is -1.87. The minimum absolute atomic E-state index is 0.194. The van der Waals surface area contributed by atoms with Crippen LogP contribution in [0.4, 0.5) is 4.39 Å². The molecule has 0 spiro atoms. The van der Waals surface area contributed by atoms with E-state index >= 15 is 0 Å². The molecule has 2 aromatic carbocycles. The lowest BCUT2D eigenvalue weighted by molar-refractivity contribution is 0.178. The fraction of sp³-hybridized carbons (Fsp3) is 0.294. The van der Waals surface area contributed by atoms with Crippen molar-refractivity contribution in [1.82, 2.24) is 0 Å². The summed E-state index contributed by atoms with van der Waals surface area (Å²) in [5.74, 6) is 0.228. The molecular weight excluding hydrogens is 253 g/mol. The Kier molecular flexibility index (Phi) is 4.40. The van der Waals surface area contributed by atoms with Crippen molar-refractivity contribution in [2.45, 2.75) is 32.9 Å². The van der Waals surface area contributed by atoms with E-state index in [0.717, 1.165) is 11.1 Å². The summed E-state index contributed by atoms with van der Waals surface area (Å²) in [6, 6.07) is 12.4. The molecule has 0 heterocycles. The van der Waals surface area contributed by atoms with Crippen molar-refractivity contribution in [3.05, 3.63) is 65.0 Å².